The number of hydrogen-bond acceptors (Lipinski definition) is 4. The first-order valence-electron chi connectivity index (χ1n) is 7.35. The molecule has 22 heavy (non-hydrogen) atoms. The van der Waals surface area contributed by atoms with Crippen LogP contribution in [0, 0.1) is 5.92 Å². The Morgan fingerprint density at radius 3 is 2.45 bits per heavy atom. The summed E-state index contributed by atoms with van der Waals surface area (Å²) in [6.45, 7) is 4.63. The number of anilines is 1. The smallest absolute Gasteiger partial charge is 0.243 e. The van der Waals surface area contributed by atoms with E-state index in [2.05, 4.69) is 5.32 Å². The number of carbonyl (C=O) groups is 1. The summed E-state index contributed by atoms with van der Waals surface area (Å²) in [7, 11) is -2.03. The number of rotatable bonds is 5. The third-order valence-electron chi connectivity index (χ3n) is 3.66. The van der Waals surface area contributed by atoms with E-state index in [1.54, 1.807) is 19.9 Å². The highest BCUT2D eigenvalue weighted by Gasteiger charge is 2.28. The summed E-state index contributed by atoms with van der Waals surface area (Å²) in [6.07, 6.45) is 1.76. The lowest BCUT2D eigenvalue weighted by atomic mass is 10.2. The van der Waals surface area contributed by atoms with E-state index in [1.807, 2.05) is 0 Å². The molecule has 122 valence electrons. The fraction of sp³-hybridized carbons (Fsp3) is 0.533. The van der Waals surface area contributed by atoms with Crippen molar-refractivity contribution in [3.8, 4) is 5.75 Å². The van der Waals surface area contributed by atoms with Gasteiger partial charge in [-0.05, 0) is 31.0 Å². The van der Waals surface area contributed by atoms with E-state index < -0.39 is 10.0 Å². The molecule has 1 saturated heterocycles. The van der Waals surface area contributed by atoms with E-state index in [1.165, 1.54) is 23.5 Å². The second-order valence-corrected chi connectivity index (χ2v) is 7.56. The van der Waals surface area contributed by atoms with Crippen molar-refractivity contribution in [3.63, 3.8) is 0 Å². The number of hydrogen-bond donors (Lipinski definition) is 1. The van der Waals surface area contributed by atoms with Crippen LogP contribution in [0.2, 0.25) is 0 Å². The summed E-state index contributed by atoms with van der Waals surface area (Å²) in [5, 5.41) is 2.72. The van der Waals surface area contributed by atoms with Crippen molar-refractivity contribution in [2.24, 2.45) is 5.92 Å². The summed E-state index contributed by atoms with van der Waals surface area (Å²) in [4.78, 5) is 12.0. The van der Waals surface area contributed by atoms with Crippen molar-refractivity contribution in [2.75, 3.05) is 25.5 Å². The van der Waals surface area contributed by atoms with E-state index in [-0.39, 0.29) is 16.7 Å². The van der Waals surface area contributed by atoms with Crippen LogP contribution in [0.1, 0.15) is 26.7 Å². The Hall–Kier alpha value is -1.60. The van der Waals surface area contributed by atoms with Gasteiger partial charge >= 0.3 is 0 Å². The molecule has 1 heterocycles. The zero-order valence-corrected chi connectivity index (χ0v) is 13.9. The molecule has 0 aliphatic carbocycles. The summed E-state index contributed by atoms with van der Waals surface area (Å²) < 4.78 is 31.8. The normalized spacial score (nSPS) is 16.0. The maximum Gasteiger partial charge on any atom is 0.243 e. The molecule has 7 heteroatoms. The summed E-state index contributed by atoms with van der Waals surface area (Å²) >= 11 is 0. The van der Waals surface area contributed by atoms with Gasteiger partial charge in [-0.1, -0.05) is 13.8 Å². The highest BCUT2D eigenvalue weighted by Crippen LogP contribution is 2.30. The summed E-state index contributed by atoms with van der Waals surface area (Å²) in [6, 6.07) is 4.54. The monoisotopic (exact) mass is 326 g/mol. The van der Waals surface area contributed by atoms with Gasteiger partial charge in [0.15, 0.2) is 0 Å². The fourth-order valence-corrected chi connectivity index (χ4v) is 3.84. The molecule has 1 aliphatic heterocycles. The number of benzene rings is 1. The molecule has 0 saturated carbocycles. The lowest BCUT2D eigenvalue weighted by molar-refractivity contribution is -0.118. The molecule has 0 bridgehead atoms. The first kappa shape index (κ1) is 16.8. The van der Waals surface area contributed by atoms with Gasteiger partial charge in [-0.2, -0.15) is 4.31 Å². The van der Waals surface area contributed by atoms with E-state index in [0.717, 1.165) is 12.8 Å². The zero-order valence-electron chi connectivity index (χ0n) is 13.1. The second-order valence-electron chi connectivity index (χ2n) is 5.62. The molecule has 0 unspecified atom stereocenters. The molecular weight excluding hydrogens is 304 g/mol. The quantitative estimate of drug-likeness (QED) is 0.899. The average Bonchev–Trinajstić information content (AvgIpc) is 3.02. The van der Waals surface area contributed by atoms with Crippen LogP contribution in [0.25, 0.3) is 0 Å². The average molecular weight is 326 g/mol. The van der Waals surface area contributed by atoms with E-state index >= 15 is 0 Å². The van der Waals surface area contributed by atoms with Gasteiger partial charge in [0.25, 0.3) is 0 Å². The molecule has 1 aromatic rings. The van der Waals surface area contributed by atoms with E-state index in [0.29, 0.717) is 24.5 Å². The van der Waals surface area contributed by atoms with Gasteiger partial charge in [0.1, 0.15) is 5.75 Å². The molecule has 0 radical (unpaired) electrons. The van der Waals surface area contributed by atoms with Gasteiger partial charge in [0.05, 0.1) is 17.7 Å². The van der Waals surface area contributed by atoms with E-state index in [9.17, 15) is 13.2 Å². The Morgan fingerprint density at radius 2 is 1.91 bits per heavy atom. The van der Waals surface area contributed by atoms with Gasteiger partial charge in [-0.25, -0.2) is 8.42 Å². The Labute approximate surface area is 131 Å². The van der Waals surface area contributed by atoms with Crippen molar-refractivity contribution in [1.29, 1.82) is 0 Å². The molecule has 1 aliphatic rings. The first-order chi connectivity index (χ1) is 10.4. The highest BCUT2D eigenvalue weighted by molar-refractivity contribution is 7.89. The second kappa shape index (κ2) is 6.66. The van der Waals surface area contributed by atoms with Crippen molar-refractivity contribution >= 4 is 21.6 Å². The predicted octanol–water partition coefficient (Wildman–Crippen LogP) is 2.07. The zero-order chi connectivity index (χ0) is 16.3. The highest BCUT2D eigenvalue weighted by atomic mass is 32.2. The molecule has 0 atom stereocenters. The van der Waals surface area contributed by atoms with Gasteiger partial charge in [0, 0.05) is 19.0 Å². The minimum atomic E-state index is -3.52. The number of amides is 1. The number of ether oxygens (including phenoxy) is 1. The third kappa shape index (κ3) is 3.41. The molecule has 1 amide bonds. The molecule has 1 N–H and O–H groups in total. The molecule has 2 rings (SSSR count). The maximum atomic E-state index is 12.6. The van der Waals surface area contributed by atoms with Crippen molar-refractivity contribution in [2.45, 2.75) is 31.6 Å². The van der Waals surface area contributed by atoms with Crippen LogP contribution in [0.5, 0.6) is 5.75 Å². The van der Waals surface area contributed by atoms with Gasteiger partial charge < -0.3 is 10.1 Å². The standard InChI is InChI=1S/C15H22N2O4S/c1-11(2)15(18)16-13-10-12(6-7-14(13)21-3)22(19,20)17-8-4-5-9-17/h6-7,10-11H,4-5,8-9H2,1-3H3,(H,16,18). The predicted molar refractivity (Wildman–Crippen MR) is 84.5 cm³/mol. The molecule has 0 spiro atoms. The number of methoxy groups -OCH3 is 1. The topological polar surface area (TPSA) is 75.7 Å². The van der Waals surface area contributed by atoms with Crippen LogP contribution in [0.3, 0.4) is 0 Å². The van der Waals surface area contributed by atoms with Crippen LogP contribution >= 0.6 is 0 Å². The van der Waals surface area contributed by atoms with Crippen LogP contribution in [-0.4, -0.2) is 38.8 Å². The minimum Gasteiger partial charge on any atom is -0.495 e. The van der Waals surface area contributed by atoms with Crippen LogP contribution < -0.4 is 10.1 Å². The number of carbonyl (C=O) groups excluding carboxylic acids is 1. The Morgan fingerprint density at radius 1 is 1.27 bits per heavy atom. The molecule has 1 fully saturated rings. The number of nitrogens with one attached hydrogen (secondary N) is 1. The lowest BCUT2D eigenvalue weighted by Gasteiger charge is -2.18. The van der Waals surface area contributed by atoms with Crippen LogP contribution in [0.4, 0.5) is 5.69 Å². The molecule has 6 nitrogen and oxygen atoms in total. The van der Waals surface area contributed by atoms with Crippen LogP contribution in [0.15, 0.2) is 23.1 Å². The molecule has 0 aromatic heterocycles. The third-order valence-corrected chi connectivity index (χ3v) is 5.55. The van der Waals surface area contributed by atoms with E-state index in [4.69, 9.17) is 4.74 Å². The lowest BCUT2D eigenvalue weighted by Crippen LogP contribution is -2.28. The van der Waals surface area contributed by atoms with Crippen molar-refractivity contribution < 1.29 is 17.9 Å². The largest absolute Gasteiger partial charge is 0.495 e. The molecule has 1 aromatic carbocycles. The summed E-state index contributed by atoms with van der Waals surface area (Å²) in [5.41, 5.74) is 0.376. The van der Waals surface area contributed by atoms with Crippen LogP contribution in [-0.2, 0) is 14.8 Å². The fourth-order valence-electron chi connectivity index (χ4n) is 2.30. The van der Waals surface area contributed by atoms with Crippen molar-refractivity contribution in [1.82, 2.24) is 4.31 Å². The Bertz CT molecular complexity index is 650. The minimum absolute atomic E-state index is 0.175. The SMILES string of the molecule is COc1ccc(S(=O)(=O)N2CCCC2)cc1NC(=O)C(C)C. The Kier molecular flexibility index (Phi) is 5.08. The van der Waals surface area contributed by atoms with Gasteiger partial charge in [0.2, 0.25) is 15.9 Å². The number of sulfonamides is 1. The first-order valence-corrected chi connectivity index (χ1v) is 8.79. The summed E-state index contributed by atoms with van der Waals surface area (Å²) in [5.74, 6) is 0.0481. The van der Waals surface area contributed by atoms with Gasteiger partial charge in [-0.15, -0.1) is 0 Å². The Balaban J connectivity index is 2.36. The number of nitrogens with zero attached hydrogens (tertiary/aromatic N) is 1. The van der Waals surface area contributed by atoms with Crippen molar-refractivity contribution in [3.05, 3.63) is 18.2 Å². The van der Waals surface area contributed by atoms with Gasteiger partial charge in [-0.3, -0.25) is 4.79 Å². The maximum absolute atomic E-state index is 12.6. The molecular formula is C15H22N2O4S.